The summed E-state index contributed by atoms with van der Waals surface area (Å²) >= 11 is 6.18. The van der Waals surface area contributed by atoms with Crippen LogP contribution in [0, 0.1) is 13.8 Å². The summed E-state index contributed by atoms with van der Waals surface area (Å²) in [5.74, 6) is 0.836. The minimum absolute atomic E-state index is 0.144. The Morgan fingerprint density at radius 2 is 1.94 bits per heavy atom. The summed E-state index contributed by atoms with van der Waals surface area (Å²) in [6.45, 7) is 4.64. The number of rotatable bonds is 4. The van der Waals surface area contributed by atoms with Gasteiger partial charge >= 0.3 is 0 Å². The molecule has 2 aromatic carbocycles. The van der Waals surface area contributed by atoms with E-state index < -0.39 is 0 Å². The molecule has 1 aliphatic rings. The molecule has 0 spiro atoms. The molecule has 3 heterocycles. The highest BCUT2D eigenvalue weighted by Crippen LogP contribution is 2.34. The molecule has 0 aliphatic carbocycles. The first-order chi connectivity index (χ1) is 15.5. The zero-order chi connectivity index (χ0) is 22.2. The zero-order valence-corrected chi connectivity index (χ0v) is 18.5. The van der Waals surface area contributed by atoms with E-state index in [1.54, 1.807) is 35.5 Å². The first kappa shape index (κ1) is 20.4. The molecule has 0 N–H and O–H groups in total. The predicted octanol–water partition coefficient (Wildman–Crippen LogP) is 4.56. The molecule has 1 atom stereocenters. The maximum absolute atomic E-state index is 13.6. The molecular formula is C23H21ClN6O2. The Bertz CT molecular complexity index is 1280. The fraction of sp³-hybridized carbons (Fsp3) is 0.261. The van der Waals surface area contributed by atoms with Crippen LogP contribution in [0.2, 0.25) is 5.02 Å². The normalized spacial score (nSPS) is 16.0. The van der Waals surface area contributed by atoms with Gasteiger partial charge in [-0.2, -0.15) is 20.0 Å². The lowest BCUT2D eigenvalue weighted by Gasteiger charge is -2.23. The van der Waals surface area contributed by atoms with Crippen molar-refractivity contribution in [2.75, 3.05) is 6.54 Å². The first-order valence-corrected chi connectivity index (χ1v) is 10.8. The maximum atomic E-state index is 13.6. The van der Waals surface area contributed by atoms with Gasteiger partial charge < -0.3 is 9.42 Å². The van der Waals surface area contributed by atoms with Crippen LogP contribution in [-0.4, -0.2) is 42.5 Å². The summed E-state index contributed by atoms with van der Waals surface area (Å²) < 4.78 is 5.59. The van der Waals surface area contributed by atoms with Crippen molar-refractivity contribution in [3.8, 4) is 17.1 Å². The topological polar surface area (TPSA) is 89.9 Å². The van der Waals surface area contributed by atoms with Crippen LogP contribution in [0.15, 0.2) is 53.3 Å². The molecule has 5 rings (SSSR count). The number of aryl methyl sites for hydroxylation is 2. The van der Waals surface area contributed by atoms with E-state index in [2.05, 4.69) is 20.3 Å². The third kappa shape index (κ3) is 3.67. The SMILES string of the molecule is Cc1ccc(C)c(-c2nc(C3CCCN3C(=O)c3ccc(Cl)cc3-n3nccn3)no2)c1. The molecule has 9 heteroatoms. The smallest absolute Gasteiger partial charge is 0.258 e. The Kier molecular flexibility index (Phi) is 5.22. The van der Waals surface area contributed by atoms with Gasteiger partial charge in [0.1, 0.15) is 0 Å². The van der Waals surface area contributed by atoms with Gasteiger partial charge in [0, 0.05) is 17.1 Å². The minimum atomic E-state index is -0.265. The van der Waals surface area contributed by atoms with Gasteiger partial charge in [-0.15, -0.1) is 0 Å². The summed E-state index contributed by atoms with van der Waals surface area (Å²) in [5.41, 5.74) is 4.08. The molecule has 32 heavy (non-hydrogen) atoms. The quantitative estimate of drug-likeness (QED) is 0.454. The number of aromatic nitrogens is 5. The fourth-order valence-corrected chi connectivity index (χ4v) is 4.24. The van der Waals surface area contributed by atoms with E-state index in [1.807, 2.05) is 32.0 Å². The van der Waals surface area contributed by atoms with Crippen LogP contribution in [0.4, 0.5) is 0 Å². The molecule has 162 valence electrons. The number of carbonyl (C=O) groups is 1. The molecule has 8 nitrogen and oxygen atoms in total. The number of benzene rings is 2. The minimum Gasteiger partial charge on any atom is -0.334 e. The summed E-state index contributed by atoms with van der Waals surface area (Å²) in [5, 5.41) is 13.1. The molecular weight excluding hydrogens is 428 g/mol. The van der Waals surface area contributed by atoms with Crippen LogP contribution in [0.1, 0.15) is 46.2 Å². The van der Waals surface area contributed by atoms with Gasteiger partial charge in [0.15, 0.2) is 5.82 Å². The Labute approximate surface area is 189 Å². The van der Waals surface area contributed by atoms with Crippen LogP contribution in [0.5, 0.6) is 0 Å². The molecule has 0 radical (unpaired) electrons. The molecule has 1 amide bonds. The Balaban J connectivity index is 1.47. The van der Waals surface area contributed by atoms with E-state index in [9.17, 15) is 4.79 Å². The highest BCUT2D eigenvalue weighted by molar-refractivity contribution is 6.31. The van der Waals surface area contributed by atoms with Crippen molar-refractivity contribution in [1.29, 1.82) is 0 Å². The summed E-state index contributed by atoms with van der Waals surface area (Å²) in [6.07, 6.45) is 4.73. The van der Waals surface area contributed by atoms with Gasteiger partial charge in [-0.25, -0.2) is 0 Å². The lowest BCUT2D eigenvalue weighted by Crippen LogP contribution is -2.32. The second kappa shape index (κ2) is 8.20. The Morgan fingerprint density at radius 3 is 2.75 bits per heavy atom. The van der Waals surface area contributed by atoms with E-state index in [0.717, 1.165) is 29.5 Å². The second-order valence-corrected chi connectivity index (χ2v) is 8.35. The van der Waals surface area contributed by atoms with Crippen molar-refractivity contribution in [3.63, 3.8) is 0 Å². The van der Waals surface area contributed by atoms with E-state index in [1.165, 1.54) is 4.80 Å². The van der Waals surface area contributed by atoms with Crippen LogP contribution >= 0.6 is 11.6 Å². The third-order valence-electron chi connectivity index (χ3n) is 5.70. The summed E-state index contributed by atoms with van der Waals surface area (Å²) in [6, 6.07) is 10.9. The number of amides is 1. The van der Waals surface area contributed by atoms with E-state index in [0.29, 0.717) is 34.5 Å². The van der Waals surface area contributed by atoms with Crippen LogP contribution < -0.4 is 0 Å². The van der Waals surface area contributed by atoms with Crippen molar-refractivity contribution in [2.45, 2.75) is 32.7 Å². The van der Waals surface area contributed by atoms with Crippen LogP contribution in [0.3, 0.4) is 0 Å². The van der Waals surface area contributed by atoms with Crippen LogP contribution in [-0.2, 0) is 0 Å². The number of halogens is 1. The Hall–Kier alpha value is -3.52. The summed E-state index contributed by atoms with van der Waals surface area (Å²) in [4.78, 5) is 21.4. The monoisotopic (exact) mass is 448 g/mol. The number of carbonyl (C=O) groups excluding carboxylic acids is 1. The van der Waals surface area contributed by atoms with Gasteiger partial charge in [-0.05, 0) is 56.5 Å². The highest BCUT2D eigenvalue weighted by Gasteiger charge is 2.35. The molecule has 1 unspecified atom stereocenters. The fourth-order valence-electron chi connectivity index (χ4n) is 4.07. The standard InChI is InChI=1S/C23H21ClN6O2/c1-14-5-6-15(2)18(12-14)22-27-21(28-32-22)19-4-3-11-29(19)23(31)17-8-7-16(24)13-20(17)30-25-9-10-26-30/h5-10,12-13,19H,3-4,11H2,1-2H3. The average molecular weight is 449 g/mol. The number of likely N-dealkylation sites (tertiary alicyclic amines) is 1. The number of hydrogen-bond donors (Lipinski definition) is 0. The molecule has 4 aromatic rings. The number of nitrogens with zero attached hydrogens (tertiary/aromatic N) is 6. The molecule has 1 saturated heterocycles. The lowest BCUT2D eigenvalue weighted by atomic mass is 10.1. The van der Waals surface area contributed by atoms with E-state index in [-0.39, 0.29) is 11.9 Å². The highest BCUT2D eigenvalue weighted by atomic mass is 35.5. The lowest BCUT2D eigenvalue weighted by molar-refractivity contribution is 0.0728. The molecule has 0 saturated carbocycles. The number of hydrogen-bond acceptors (Lipinski definition) is 6. The molecule has 1 fully saturated rings. The third-order valence-corrected chi connectivity index (χ3v) is 5.94. The van der Waals surface area contributed by atoms with Crippen LogP contribution in [0.25, 0.3) is 17.1 Å². The Morgan fingerprint density at radius 1 is 1.12 bits per heavy atom. The predicted molar refractivity (Wildman–Crippen MR) is 119 cm³/mol. The van der Waals surface area contributed by atoms with Crippen molar-refractivity contribution in [1.82, 2.24) is 30.0 Å². The molecule has 0 bridgehead atoms. The summed E-state index contributed by atoms with van der Waals surface area (Å²) in [7, 11) is 0. The van der Waals surface area contributed by atoms with Crippen molar-refractivity contribution < 1.29 is 9.32 Å². The maximum Gasteiger partial charge on any atom is 0.258 e. The van der Waals surface area contributed by atoms with Crippen molar-refractivity contribution in [3.05, 3.63) is 76.3 Å². The van der Waals surface area contributed by atoms with Crippen molar-refractivity contribution >= 4 is 17.5 Å². The largest absolute Gasteiger partial charge is 0.334 e. The first-order valence-electron chi connectivity index (χ1n) is 10.4. The van der Waals surface area contributed by atoms with Crippen molar-refractivity contribution in [2.24, 2.45) is 0 Å². The zero-order valence-electron chi connectivity index (χ0n) is 17.7. The van der Waals surface area contributed by atoms with Gasteiger partial charge in [0.05, 0.1) is 29.7 Å². The van der Waals surface area contributed by atoms with Gasteiger partial charge in [-0.3, -0.25) is 4.79 Å². The van der Waals surface area contributed by atoms with Gasteiger partial charge in [0.25, 0.3) is 11.8 Å². The average Bonchev–Trinajstić information content (AvgIpc) is 3.55. The van der Waals surface area contributed by atoms with Gasteiger partial charge in [0.2, 0.25) is 0 Å². The molecule has 2 aromatic heterocycles. The van der Waals surface area contributed by atoms with E-state index >= 15 is 0 Å². The molecule has 1 aliphatic heterocycles. The van der Waals surface area contributed by atoms with Gasteiger partial charge in [-0.1, -0.05) is 34.5 Å². The van der Waals surface area contributed by atoms with E-state index in [4.69, 9.17) is 16.1 Å². The second-order valence-electron chi connectivity index (χ2n) is 7.91.